The molecule has 0 radical (unpaired) electrons. The Morgan fingerprint density at radius 1 is 1.24 bits per heavy atom. The smallest absolute Gasteiger partial charge is 0.337 e. The number of carboxylic acids is 1. The SMILES string of the molecule is CC(c1ccccc1Cl)N(C)c1c(N)cccc1C(=O)O. The van der Waals surface area contributed by atoms with Crippen molar-refractivity contribution in [2.45, 2.75) is 13.0 Å². The molecule has 110 valence electrons. The molecule has 0 saturated heterocycles. The molecule has 5 heteroatoms. The first-order valence-corrected chi connectivity index (χ1v) is 6.90. The summed E-state index contributed by atoms with van der Waals surface area (Å²) < 4.78 is 0. The third kappa shape index (κ3) is 2.95. The van der Waals surface area contributed by atoms with E-state index in [0.717, 1.165) is 5.56 Å². The number of anilines is 2. The second-order valence-corrected chi connectivity index (χ2v) is 5.26. The molecular weight excluding hydrogens is 288 g/mol. The van der Waals surface area contributed by atoms with E-state index in [9.17, 15) is 9.90 Å². The quantitative estimate of drug-likeness (QED) is 0.843. The first kappa shape index (κ1) is 15.2. The summed E-state index contributed by atoms with van der Waals surface area (Å²) in [5.74, 6) is -1.00. The van der Waals surface area contributed by atoms with Crippen molar-refractivity contribution in [3.05, 3.63) is 58.6 Å². The van der Waals surface area contributed by atoms with Gasteiger partial charge in [0.1, 0.15) is 0 Å². The second kappa shape index (κ2) is 6.06. The molecule has 0 saturated carbocycles. The third-order valence-corrected chi connectivity index (χ3v) is 3.93. The van der Waals surface area contributed by atoms with E-state index >= 15 is 0 Å². The van der Waals surface area contributed by atoms with Gasteiger partial charge in [-0.1, -0.05) is 35.9 Å². The fraction of sp³-hybridized carbons (Fsp3) is 0.188. The molecule has 4 nitrogen and oxygen atoms in total. The lowest BCUT2D eigenvalue weighted by atomic mass is 10.0. The van der Waals surface area contributed by atoms with Crippen LogP contribution in [0.15, 0.2) is 42.5 Å². The van der Waals surface area contributed by atoms with Gasteiger partial charge in [-0.3, -0.25) is 0 Å². The number of hydrogen-bond donors (Lipinski definition) is 2. The van der Waals surface area contributed by atoms with Gasteiger partial charge >= 0.3 is 5.97 Å². The number of nitrogen functional groups attached to an aromatic ring is 1. The van der Waals surface area contributed by atoms with Gasteiger partial charge in [-0.25, -0.2) is 4.79 Å². The van der Waals surface area contributed by atoms with Crippen molar-refractivity contribution in [2.24, 2.45) is 0 Å². The zero-order chi connectivity index (χ0) is 15.6. The predicted molar refractivity (Wildman–Crippen MR) is 86.1 cm³/mol. The maximum Gasteiger partial charge on any atom is 0.337 e. The highest BCUT2D eigenvalue weighted by atomic mass is 35.5. The van der Waals surface area contributed by atoms with Gasteiger partial charge in [0.25, 0.3) is 0 Å². The maximum atomic E-state index is 11.4. The van der Waals surface area contributed by atoms with Gasteiger partial charge in [-0.05, 0) is 30.7 Å². The Morgan fingerprint density at radius 2 is 1.90 bits per heavy atom. The number of nitrogens with zero attached hydrogens (tertiary/aromatic N) is 1. The fourth-order valence-electron chi connectivity index (χ4n) is 2.34. The Bertz CT molecular complexity index is 673. The number of rotatable bonds is 4. The summed E-state index contributed by atoms with van der Waals surface area (Å²) in [7, 11) is 1.81. The van der Waals surface area contributed by atoms with E-state index in [2.05, 4.69) is 0 Å². The van der Waals surface area contributed by atoms with Crippen molar-refractivity contribution in [1.29, 1.82) is 0 Å². The largest absolute Gasteiger partial charge is 0.478 e. The van der Waals surface area contributed by atoms with Crippen molar-refractivity contribution in [3.63, 3.8) is 0 Å². The summed E-state index contributed by atoms with van der Waals surface area (Å²) in [4.78, 5) is 13.2. The molecule has 0 aromatic heterocycles. The molecule has 0 heterocycles. The molecule has 0 bridgehead atoms. The summed E-state index contributed by atoms with van der Waals surface area (Å²) in [6.07, 6.45) is 0. The van der Waals surface area contributed by atoms with Crippen molar-refractivity contribution in [1.82, 2.24) is 0 Å². The molecule has 0 amide bonds. The van der Waals surface area contributed by atoms with Gasteiger partial charge in [0, 0.05) is 12.1 Å². The van der Waals surface area contributed by atoms with E-state index in [1.54, 1.807) is 18.2 Å². The Balaban J connectivity index is 2.48. The molecule has 2 aromatic rings. The van der Waals surface area contributed by atoms with Crippen molar-refractivity contribution >= 4 is 28.9 Å². The summed E-state index contributed by atoms with van der Waals surface area (Å²) in [5, 5.41) is 9.98. The van der Waals surface area contributed by atoms with Crippen LogP contribution in [0.4, 0.5) is 11.4 Å². The maximum absolute atomic E-state index is 11.4. The average molecular weight is 305 g/mol. The zero-order valence-electron chi connectivity index (χ0n) is 11.9. The van der Waals surface area contributed by atoms with Crippen LogP contribution in [0.3, 0.4) is 0 Å². The Hall–Kier alpha value is -2.20. The molecule has 0 aliphatic rings. The summed E-state index contributed by atoms with van der Waals surface area (Å²) in [6, 6.07) is 12.3. The molecule has 0 spiro atoms. The van der Waals surface area contributed by atoms with Crippen molar-refractivity contribution in [2.75, 3.05) is 17.7 Å². The number of hydrogen-bond acceptors (Lipinski definition) is 3. The standard InChI is InChI=1S/C16H17ClN2O2/c1-10(11-6-3-4-8-13(11)17)19(2)15-12(16(20)21)7-5-9-14(15)18/h3-10H,18H2,1-2H3,(H,20,21). The van der Waals surface area contributed by atoms with Crippen molar-refractivity contribution in [3.8, 4) is 0 Å². The normalized spacial score (nSPS) is 12.0. The molecule has 0 fully saturated rings. The highest BCUT2D eigenvalue weighted by Crippen LogP contribution is 2.35. The van der Waals surface area contributed by atoms with Crippen molar-refractivity contribution < 1.29 is 9.90 Å². The summed E-state index contributed by atoms with van der Waals surface area (Å²) in [6.45, 7) is 1.96. The number of carbonyl (C=O) groups is 1. The minimum absolute atomic E-state index is 0.110. The Labute approximate surface area is 128 Å². The van der Waals surface area contributed by atoms with Gasteiger partial charge in [-0.2, -0.15) is 0 Å². The van der Waals surface area contributed by atoms with Gasteiger partial charge in [0.15, 0.2) is 0 Å². The summed E-state index contributed by atoms with van der Waals surface area (Å²) >= 11 is 6.22. The van der Waals surface area contributed by atoms with Crippen LogP contribution in [0.2, 0.25) is 5.02 Å². The van der Waals surface area contributed by atoms with Crippen LogP contribution in [0.1, 0.15) is 28.9 Å². The Kier molecular flexibility index (Phi) is 4.38. The van der Waals surface area contributed by atoms with E-state index in [0.29, 0.717) is 16.4 Å². The number of halogens is 1. The lowest BCUT2D eigenvalue weighted by Crippen LogP contribution is -2.25. The van der Waals surface area contributed by atoms with E-state index in [1.165, 1.54) is 0 Å². The lowest BCUT2D eigenvalue weighted by Gasteiger charge is -2.30. The van der Waals surface area contributed by atoms with E-state index in [-0.39, 0.29) is 11.6 Å². The second-order valence-electron chi connectivity index (χ2n) is 4.86. The number of nitrogens with two attached hydrogens (primary N) is 1. The van der Waals surface area contributed by atoms with Gasteiger partial charge in [0.05, 0.1) is 23.0 Å². The van der Waals surface area contributed by atoms with Crippen LogP contribution < -0.4 is 10.6 Å². The molecular formula is C16H17ClN2O2. The molecule has 0 aliphatic heterocycles. The lowest BCUT2D eigenvalue weighted by molar-refractivity contribution is 0.0697. The average Bonchev–Trinajstić information content (AvgIpc) is 2.46. The highest BCUT2D eigenvalue weighted by Gasteiger charge is 2.21. The zero-order valence-corrected chi connectivity index (χ0v) is 12.6. The summed E-state index contributed by atoms with van der Waals surface area (Å²) in [5.41, 5.74) is 8.00. The monoisotopic (exact) mass is 304 g/mol. The first-order chi connectivity index (χ1) is 9.93. The van der Waals surface area contributed by atoms with Crippen LogP contribution in [0.5, 0.6) is 0 Å². The topological polar surface area (TPSA) is 66.6 Å². The molecule has 3 N–H and O–H groups in total. The predicted octanol–water partition coefficient (Wildman–Crippen LogP) is 3.82. The van der Waals surface area contributed by atoms with Gasteiger partial charge in [-0.15, -0.1) is 0 Å². The van der Waals surface area contributed by atoms with Crippen LogP contribution in [0, 0.1) is 0 Å². The molecule has 21 heavy (non-hydrogen) atoms. The highest BCUT2D eigenvalue weighted by molar-refractivity contribution is 6.31. The Morgan fingerprint density at radius 3 is 2.52 bits per heavy atom. The molecule has 2 rings (SSSR count). The number of para-hydroxylation sites is 1. The van der Waals surface area contributed by atoms with Gasteiger partial charge in [0.2, 0.25) is 0 Å². The molecule has 1 atom stereocenters. The number of carboxylic acid groups (broad SMARTS) is 1. The number of aromatic carboxylic acids is 1. The number of benzene rings is 2. The first-order valence-electron chi connectivity index (χ1n) is 6.52. The van der Waals surface area contributed by atoms with Crippen LogP contribution in [-0.2, 0) is 0 Å². The van der Waals surface area contributed by atoms with Crippen LogP contribution in [0.25, 0.3) is 0 Å². The fourth-order valence-corrected chi connectivity index (χ4v) is 2.64. The minimum Gasteiger partial charge on any atom is -0.478 e. The molecule has 1 unspecified atom stereocenters. The molecule has 2 aromatic carbocycles. The van der Waals surface area contributed by atoms with E-state index in [1.807, 2.05) is 43.1 Å². The van der Waals surface area contributed by atoms with E-state index in [4.69, 9.17) is 17.3 Å². The van der Waals surface area contributed by atoms with E-state index < -0.39 is 5.97 Å². The van der Waals surface area contributed by atoms with Gasteiger partial charge < -0.3 is 15.7 Å². The third-order valence-electron chi connectivity index (χ3n) is 3.59. The van der Waals surface area contributed by atoms with Crippen LogP contribution in [-0.4, -0.2) is 18.1 Å². The molecule has 0 aliphatic carbocycles. The van der Waals surface area contributed by atoms with Crippen LogP contribution >= 0.6 is 11.6 Å². The minimum atomic E-state index is -1.00.